The first-order valence-electron chi connectivity index (χ1n) is 5.81. The highest BCUT2D eigenvalue weighted by molar-refractivity contribution is 5.80. The van der Waals surface area contributed by atoms with Crippen LogP contribution in [-0.4, -0.2) is 4.57 Å². The molecule has 1 nitrogen and oxygen atoms in total. The monoisotopic (exact) mass is 201 g/mol. The van der Waals surface area contributed by atoms with Crippen molar-refractivity contribution in [3.8, 4) is 0 Å². The van der Waals surface area contributed by atoms with Crippen LogP contribution in [0.1, 0.15) is 38.2 Å². The average molecular weight is 201 g/mol. The van der Waals surface area contributed by atoms with Crippen molar-refractivity contribution in [1.29, 1.82) is 0 Å². The minimum Gasteiger partial charge on any atom is -0.351 e. The van der Waals surface area contributed by atoms with Crippen LogP contribution in [0.3, 0.4) is 0 Å². The summed E-state index contributed by atoms with van der Waals surface area (Å²) >= 11 is 0. The standard InChI is InChI=1S/C14H19N/c1-4-11(5-2)13-7-6-12-8-9-15(3)14(12)10-13/h6-11H,4-5H2,1-3H3. The van der Waals surface area contributed by atoms with E-state index in [0.29, 0.717) is 5.92 Å². The maximum atomic E-state index is 2.34. The number of hydrogen-bond donors (Lipinski definition) is 0. The Morgan fingerprint density at radius 2 is 1.87 bits per heavy atom. The Morgan fingerprint density at radius 1 is 1.13 bits per heavy atom. The molecule has 0 saturated carbocycles. The predicted octanol–water partition coefficient (Wildman–Crippen LogP) is 4.08. The second-order valence-corrected chi connectivity index (χ2v) is 4.26. The maximum absolute atomic E-state index is 2.34. The van der Waals surface area contributed by atoms with Crippen molar-refractivity contribution < 1.29 is 0 Å². The SMILES string of the molecule is CCC(CC)c1ccc2ccn(C)c2c1. The number of rotatable bonds is 3. The van der Waals surface area contributed by atoms with Gasteiger partial charge in [-0.1, -0.05) is 26.0 Å². The molecule has 15 heavy (non-hydrogen) atoms. The van der Waals surface area contributed by atoms with E-state index in [9.17, 15) is 0 Å². The van der Waals surface area contributed by atoms with Crippen molar-refractivity contribution in [2.75, 3.05) is 0 Å². The van der Waals surface area contributed by atoms with Crippen LogP contribution >= 0.6 is 0 Å². The molecule has 0 spiro atoms. The Balaban J connectivity index is 2.49. The van der Waals surface area contributed by atoms with E-state index in [4.69, 9.17) is 0 Å². The van der Waals surface area contributed by atoms with Crippen LogP contribution in [-0.2, 0) is 7.05 Å². The normalized spacial score (nSPS) is 11.5. The van der Waals surface area contributed by atoms with Crippen molar-refractivity contribution >= 4 is 10.9 Å². The van der Waals surface area contributed by atoms with Crippen LogP contribution in [0.15, 0.2) is 30.5 Å². The van der Waals surface area contributed by atoms with Crippen LogP contribution in [0.2, 0.25) is 0 Å². The van der Waals surface area contributed by atoms with Gasteiger partial charge in [0, 0.05) is 18.8 Å². The van der Waals surface area contributed by atoms with E-state index in [1.54, 1.807) is 0 Å². The quantitative estimate of drug-likeness (QED) is 0.705. The summed E-state index contributed by atoms with van der Waals surface area (Å²) in [4.78, 5) is 0. The zero-order valence-electron chi connectivity index (χ0n) is 9.83. The molecule has 0 aliphatic heterocycles. The van der Waals surface area contributed by atoms with Gasteiger partial charge in [-0.15, -0.1) is 0 Å². The summed E-state index contributed by atoms with van der Waals surface area (Å²) in [5.41, 5.74) is 2.83. The summed E-state index contributed by atoms with van der Waals surface area (Å²) in [5, 5.41) is 1.34. The second kappa shape index (κ2) is 4.09. The molecule has 0 aliphatic rings. The van der Waals surface area contributed by atoms with E-state index in [1.807, 2.05) is 0 Å². The first-order valence-corrected chi connectivity index (χ1v) is 5.81. The summed E-state index contributed by atoms with van der Waals surface area (Å²) < 4.78 is 2.20. The number of benzene rings is 1. The number of nitrogens with zero attached hydrogens (tertiary/aromatic N) is 1. The van der Waals surface area contributed by atoms with E-state index in [2.05, 4.69) is 55.9 Å². The molecule has 0 bridgehead atoms. The zero-order chi connectivity index (χ0) is 10.8. The lowest BCUT2D eigenvalue weighted by atomic mass is 9.93. The summed E-state index contributed by atoms with van der Waals surface area (Å²) in [6.07, 6.45) is 4.58. The van der Waals surface area contributed by atoms with Gasteiger partial charge in [0.25, 0.3) is 0 Å². The lowest BCUT2D eigenvalue weighted by molar-refractivity contribution is 0.642. The van der Waals surface area contributed by atoms with E-state index >= 15 is 0 Å². The third-order valence-electron chi connectivity index (χ3n) is 3.37. The molecule has 0 fully saturated rings. The lowest BCUT2D eigenvalue weighted by Crippen LogP contribution is -1.95. The van der Waals surface area contributed by atoms with Gasteiger partial charge in [-0.3, -0.25) is 0 Å². The molecule has 0 aliphatic carbocycles. The first kappa shape index (κ1) is 10.3. The fraction of sp³-hybridized carbons (Fsp3) is 0.429. The molecule has 0 atom stereocenters. The molecule has 80 valence electrons. The molecule has 1 heteroatoms. The number of aromatic nitrogens is 1. The number of hydrogen-bond acceptors (Lipinski definition) is 0. The van der Waals surface area contributed by atoms with Crippen LogP contribution < -0.4 is 0 Å². The molecule has 0 unspecified atom stereocenters. The minimum absolute atomic E-state index is 0.712. The molecule has 0 N–H and O–H groups in total. The van der Waals surface area contributed by atoms with E-state index < -0.39 is 0 Å². The van der Waals surface area contributed by atoms with Crippen LogP contribution in [0, 0.1) is 0 Å². The molecule has 2 aromatic rings. The molecule has 1 aromatic carbocycles. The van der Waals surface area contributed by atoms with Crippen LogP contribution in [0.4, 0.5) is 0 Å². The summed E-state index contributed by atoms with van der Waals surface area (Å²) in [6, 6.07) is 9.03. The molecular weight excluding hydrogens is 182 g/mol. The Labute approximate surface area is 91.7 Å². The minimum atomic E-state index is 0.712. The van der Waals surface area contributed by atoms with Crippen LogP contribution in [0.5, 0.6) is 0 Å². The van der Waals surface area contributed by atoms with Gasteiger partial charge >= 0.3 is 0 Å². The van der Waals surface area contributed by atoms with Gasteiger partial charge in [0.15, 0.2) is 0 Å². The van der Waals surface area contributed by atoms with Gasteiger partial charge in [0.2, 0.25) is 0 Å². The molecule has 1 aromatic heterocycles. The lowest BCUT2D eigenvalue weighted by Gasteiger charge is -2.13. The molecule has 0 amide bonds. The fourth-order valence-electron chi connectivity index (χ4n) is 2.29. The molecule has 0 saturated heterocycles. The highest BCUT2D eigenvalue weighted by Crippen LogP contribution is 2.26. The molecule has 0 radical (unpaired) electrons. The van der Waals surface area contributed by atoms with Gasteiger partial charge < -0.3 is 4.57 Å². The first-order chi connectivity index (χ1) is 7.26. The van der Waals surface area contributed by atoms with Gasteiger partial charge in [-0.25, -0.2) is 0 Å². The Hall–Kier alpha value is -1.24. The van der Waals surface area contributed by atoms with E-state index in [0.717, 1.165) is 0 Å². The van der Waals surface area contributed by atoms with E-state index in [-0.39, 0.29) is 0 Å². The van der Waals surface area contributed by atoms with Crippen molar-refractivity contribution in [3.05, 3.63) is 36.0 Å². The Kier molecular flexibility index (Phi) is 2.81. The maximum Gasteiger partial charge on any atom is 0.0480 e. The summed E-state index contributed by atoms with van der Waals surface area (Å²) in [5.74, 6) is 0.712. The van der Waals surface area contributed by atoms with Crippen molar-refractivity contribution in [3.63, 3.8) is 0 Å². The van der Waals surface area contributed by atoms with Gasteiger partial charge in [-0.05, 0) is 41.8 Å². The van der Waals surface area contributed by atoms with Crippen molar-refractivity contribution in [2.24, 2.45) is 7.05 Å². The summed E-state index contributed by atoms with van der Waals surface area (Å²) in [7, 11) is 2.11. The highest BCUT2D eigenvalue weighted by atomic mass is 14.9. The number of aryl methyl sites for hydroxylation is 1. The molecule has 2 rings (SSSR count). The third-order valence-corrected chi connectivity index (χ3v) is 3.37. The smallest absolute Gasteiger partial charge is 0.0480 e. The summed E-state index contributed by atoms with van der Waals surface area (Å²) in [6.45, 7) is 4.53. The van der Waals surface area contributed by atoms with Gasteiger partial charge in [0.05, 0.1) is 0 Å². The van der Waals surface area contributed by atoms with Gasteiger partial charge in [-0.2, -0.15) is 0 Å². The average Bonchev–Trinajstić information content (AvgIpc) is 2.62. The highest BCUT2D eigenvalue weighted by Gasteiger charge is 2.08. The Bertz CT molecular complexity index is 449. The number of fused-ring (bicyclic) bond motifs is 1. The van der Waals surface area contributed by atoms with Crippen molar-refractivity contribution in [2.45, 2.75) is 32.6 Å². The van der Waals surface area contributed by atoms with E-state index in [1.165, 1.54) is 29.3 Å². The predicted molar refractivity (Wildman–Crippen MR) is 66.2 cm³/mol. The largest absolute Gasteiger partial charge is 0.351 e. The fourth-order valence-corrected chi connectivity index (χ4v) is 2.29. The molecular formula is C14H19N. The topological polar surface area (TPSA) is 4.93 Å². The van der Waals surface area contributed by atoms with Gasteiger partial charge in [0.1, 0.15) is 0 Å². The third kappa shape index (κ3) is 1.79. The Morgan fingerprint density at radius 3 is 2.53 bits per heavy atom. The van der Waals surface area contributed by atoms with Crippen molar-refractivity contribution in [1.82, 2.24) is 4.57 Å². The second-order valence-electron chi connectivity index (χ2n) is 4.26. The zero-order valence-corrected chi connectivity index (χ0v) is 9.83. The van der Waals surface area contributed by atoms with Crippen LogP contribution in [0.25, 0.3) is 10.9 Å². The molecule has 1 heterocycles.